The molecule has 0 radical (unpaired) electrons. The molecule has 1 aliphatic heterocycles. The second-order valence-electron chi connectivity index (χ2n) is 6.51. The number of ether oxygens (including phenoxy) is 1. The maximum atomic E-state index is 12.5. The molecular formula is C18H21ClN2O3. The fourth-order valence-corrected chi connectivity index (χ4v) is 2.59. The van der Waals surface area contributed by atoms with E-state index in [0.717, 1.165) is 5.56 Å². The molecule has 5 nitrogen and oxygen atoms in total. The minimum atomic E-state index is -0.754. The lowest BCUT2D eigenvalue weighted by molar-refractivity contribution is -0.150. The molecule has 2 amide bonds. The number of carbonyl (C=O) groups excluding carboxylic acids is 2. The Kier molecular flexibility index (Phi) is 5.34. The van der Waals surface area contributed by atoms with E-state index in [1.807, 2.05) is 30.3 Å². The van der Waals surface area contributed by atoms with Crippen LogP contribution < -0.4 is 10.6 Å². The van der Waals surface area contributed by atoms with Gasteiger partial charge in [0, 0.05) is 10.7 Å². The summed E-state index contributed by atoms with van der Waals surface area (Å²) in [4.78, 5) is 24.3. The van der Waals surface area contributed by atoms with E-state index >= 15 is 0 Å². The third kappa shape index (κ3) is 4.61. The zero-order valence-electron chi connectivity index (χ0n) is 14.1. The van der Waals surface area contributed by atoms with E-state index in [9.17, 15) is 9.59 Å². The highest BCUT2D eigenvalue weighted by molar-refractivity contribution is 6.33. The summed E-state index contributed by atoms with van der Waals surface area (Å²) < 4.78 is 5.44. The van der Waals surface area contributed by atoms with Gasteiger partial charge in [-0.3, -0.25) is 0 Å². The van der Waals surface area contributed by atoms with Crippen molar-refractivity contribution in [2.45, 2.75) is 39.3 Å². The number of amides is 2. The highest BCUT2D eigenvalue weighted by Gasteiger charge is 2.34. The van der Waals surface area contributed by atoms with Crippen LogP contribution in [-0.2, 0) is 9.53 Å². The number of rotatable bonds is 3. The molecule has 0 spiro atoms. The van der Waals surface area contributed by atoms with Crippen molar-refractivity contribution in [2.24, 2.45) is 0 Å². The van der Waals surface area contributed by atoms with Crippen molar-refractivity contribution >= 4 is 29.7 Å². The Morgan fingerprint density at radius 1 is 1.25 bits per heavy atom. The van der Waals surface area contributed by atoms with Crippen molar-refractivity contribution in [3.05, 3.63) is 52.2 Å². The molecule has 2 N–H and O–H groups in total. The van der Waals surface area contributed by atoms with E-state index in [1.165, 1.54) is 0 Å². The summed E-state index contributed by atoms with van der Waals surface area (Å²) in [5.74, 6) is -0.517. The zero-order valence-corrected chi connectivity index (χ0v) is 14.9. The van der Waals surface area contributed by atoms with E-state index in [0.29, 0.717) is 16.3 Å². The van der Waals surface area contributed by atoms with E-state index in [4.69, 9.17) is 16.3 Å². The van der Waals surface area contributed by atoms with Gasteiger partial charge in [0.1, 0.15) is 11.6 Å². The number of hydrogen-bond acceptors (Lipinski definition) is 3. The first-order valence-electron chi connectivity index (χ1n) is 7.61. The average molecular weight is 349 g/mol. The van der Waals surface area contributed by atoms with Gasteiger partial charge in [0.2, 0.25) is 0 Å². The molecule has 128 valence electrons. The summed E-state index contributed by atoms with van der Waals surface area (Å²) in [5.41, 5.74) is 0.946. The van der Waals surface area contributed by atoms with Crippen molar-refractivity contribution in [3.63, 3.8) is 0 Å². The van der Waals surface area contributed by atoms with Crippen molar-refractivity contribution < 1.29 is 14.3 Å². The molecule has 1 aromatic carbocycles. The van der Waals surface area contributed by atoms with Gasteiger partial charge < -0.3 is 15.4 Å². The number of hydrogen-bond donors (Lipinski definition) is 2. The molecule has 24 heavy (non-hydrogen) atoms. The van der Waals surface area contributed by atoms with E-state index in [-0.39, 0.29) is 0 Å². The molecule has 6 heteroatoms. The van der Waals surface area contributed by atoms with Gasteiger partial charge in [-0.05, 0) is 39.3 Å². The van der Waals surface area contributed by atoms with Gasteiger partial charge >= 0.3 is 12.0 Å². The molecule has 1 aromatic rings. The minimum absolute atomic E-state index is 0.293. The van der Waals surface area contributed by atoms with Crippen LogP contribution >= 0.6 is 11.6 Å². The second kappa shape index (κ2) is 7.09. The van der Waals surface area contributed by atoms with Crippen LogP contribution in [0, 0.1) is 0 Å². The number of allylic oxidation sites excluding steroid dienone is 1. The summed E-state index contributed by atoms with van der Waals surface area (Å²) >= 11 is 6.41. The maximum absolute atomic E-state index is 12.5. The Morgan fingerprint density at radius 2 is 1.88 bits per heavy atom. The molecule has 0 fully saturated rings. The van der Waals surface area contributed by atoms with E-state index in [1.54, 1.807) is 33.8 Å². The molecule has 1 aliphatic rings. The van der Waals surface area contributed by atoms with Gasteiger partial charge in [-0.15, -0.1) is 0 Å². The van der Waals surface area contributed by atoms with Crippen LogP contribution in [0.4, 0.5) is 4.79 Å². The Labute approximate surface area is 146 Å². The monoisotopic (exact) mass is 348 g/mol. The summed E-state index contributed by atoms with van der Waals surface area (Å²) in [6, 6.07) is 8.26. The number of nitrogens with one attached hydrogen (secondary N) is 2. The summed E-state index contributed by atoms with van der Waals surface area (Å²) in [6.45, 7) is 7.00. The topological polar surface area (TPSA) is 67.4 Å². The summed E-state index contributed by atoms with van der Waals surface area (Å²) in [7, 11) is 0. The Bertz CT molecular complexity index is 703. The van der Waals surface area contributed by atoms with Gasteiger partial charge in [-0.2, -0.15) is 0 Å². The molecule has 1 heterocycles. The van der Waals surface area contributed by atoms with Crippen molar-refractivity contribution in [3.8, 4) is 0 Å². The molecule has 1 unspecified atom stereocenters. The molecule has 0 bridgehead atoms. The fourth-order valence-electron chi connectivity index (χ4n) is 2.30. The minimum Gasteiger partial charge on any atom is -0.456 e. The molecular weight excluding hydrogens is 328 g/mol. The number of carbonyl (C=O) groups is 2. The molecule has 1 atom stereocenters. The highest BCUT2D eigenvalue weighted by atomic mass is 35.5. The SMILES string of the molecule is CC1=C(C(=O)OC(C)(C)C)C(C(Cl)=Cc2ccccc2)NC(=O)N1. The van der Waals surface area contributed by atoms with Crippen LogP contribution in [0.2, 0.25) is 0 Å². The molecule has 2 rings (SSSR count). The Hall–Kier alpha value is -2.27. The first kappa shape index (κ1) is 18.1. The predicted octanol–water partition coefficient (Wildman–Crippen LogP) is 3.56. The number of urea groups is 1. The van der Waals surface area contributed by atoms with Crippen LogP contribution in [0.15, 0.2) is 46.6 Å². The van der Waals surface area contributed by atoms with E-state index in [2.05, 4.69) is 10.6 Å². The average Bonchev–Trinajstić information content (AvgIpc) is 2.45. The van der Waals surface area contributed by atoms with Gasteiger partial charge in [-0.1, -0.05) is 41.9 Å². The summed E-state index contributed by atoms with van der Waals surface area (Å²) in [6.07, 6.45) is 1.72. The smallest absolute Gasteiger partial charge is 0.338 e. The highest BCUT2D eigenvalue weighted by Crippen LogP contribution is 2.26. The summed E-state index contributed by atoms with van der Waals surface area (Å²) in [5, 5.41) is 5.59. The normalized spacial score (nSPS) is 18.8. The number of benzene rings is 1. The van der Waals surface area contributed by atoms with Crippen LogP contribution in [0.25, 0.3) is 6.08 Å². The zero-order chi connectivity index (χ0) is 17.9. The number of esters is 1. The van der Waals surface area contributed by atoms with Gasteiger partial charge in [0.15, 0.2) is 0 Å². The van der Waals surface area contributed by atoms with Crippen molar-refractivity contribution in [2.75, 3.05) is 0 Å². The van der Waals surface area contributed by atoms with Gasteiger partial charge in [0.25, 0.3) is 0 Å². The molecule has 0 aliphatic carbocycles. The molecule has 0 saturated heterocycles. The van der Waals surface area contributed by atoms with Gasteiger partial charge in [0.05, 0.1) is 5.57 Å². The van der Waals surface area contributed by atoms with Crippen molar-refractivity contribution in [1.29, 1.82) is 0 Å². The molecule has 0 saturated carbocycles. The Morgan fingerprint density at radius 3 is 2.46 bits per heavy atom. The lowest BCUT2D eigenvalue weighted by Crippen LogP contribution is -2.50. The molecule has 0 aromatic heterocycles. The third-order valence-corrected chi connectivity index (χ3v) is 3.60. The van der Waals surface area contributed by atoms with Crippen LogP contribution in [0.5, 0.6) is 0 Å². The quantitative estimate of drug-likeness (QED) is 0.821. The van der Waals surface area contributed by atoms with Crippen LogP contribution in [0.3, 0.4) is 0 Å². The van der Waals surface area contributed by atoms with Gasteiger partial charge in [-0.25, -0.2) is 9.59 Å². The predicted molar refractivity (Wildman–Crippen MR) is 94.3 cm³/mol. The van der Waals surface area contributed by atoms with Crippen LogP contribution in [-0.4, -0.2) is 23.6 Å². The first-order chi connectivity index (χ1) is 11.2. The lowest BCUT2D eigenvalue weighted by Gasteiger charge is -2.29. The second-order valence-corrected chi connectivity index (χ2v) is 6.95. The fraction of sp³-hybridized carbons (Fsp3) is 0.333. The number of halogens is 1. The third-order valence-electron chi connectivity index (χ3n) is 3.27. The largest absolute Gasteiger partial charge is 0.456 e. The van der Waals surface area contributed by atoms with Crippen LogP contribution in [0.1, 0.15) is 33.3 Å². The van der Waals surface area contributed by atoms with E-state index < -0.39 is 23.6 Å². The first-order valence-corrected chi connectivity index (χ1v) is 7.99. The maximum Gasteiger partial charge on any atom is 0.338 e. The lowest BCUT2D eigenvalue weighted by atomic mass is 10.0. The standard InChI is InChI=1S/C18H21ClN2O3/c1-11-14(16(22)24-18(2,3)4)15(21-17(23)20-11)13(19)10-12-8-6-5-7-9-12/h5-10,15H,1-4H3,(H2,20,21,23). The van der Waals surface area contributed by atoms with Crippen molar-refractivity contribution in [1.82, 2.24) is 10.6 Å². The Balaban J connectivity index is 2.38.